The summed E-state index contributed by atoms with van der Waals surface area (Å²) in [5.41, 5.74) is 9.83. The number of unbranched alkanes of at least 4 members (excludes halogenated alkanes) is 1. The van der Waals surface area contributed by atoms with Crippen LogP contribution >= 0.6 is 0 Å². The molecule has 0 saturated carbocycles. The second-order valence-corrected chi connectivity index (χ2v) is 6.98. The number of nitrogens with one attached hydrogen (secondary N) is 1. The summed E-state index contributed by atoms with van der Waals surface area (Å²) >= 11 is 0. The molecule has 0 bridgehead atoms. The number of nitrogens with zero attached hydrogens (tertiary/aromatic N) is 3. The monoisotopic (exact) mass is 351 g/mol. The zero-order valence-electron chi connectivity index (χ0n) is 17.0. The van der Waals surface area contributed by atoms with Crippen molar-refractivity contribution in [3.8, 4) is 0 Å². The molecule has 3 aromatic rings. The number of imidazole rings is 1. The number of aromatic amines is 1. The maximum absolute atomic E-state index is 7.84. The molecule has 2 heterocycles. The highest BCUT2D eigenvalue weighted by atomic mass is 15.2. The van der Waals surface area contributed by atoms with Gasteiger partial charge in [0.25, 0.3) is 0 Å². The molecular formula is C21H27N5. The Hall–Kier alpha value is -2.24. The average molecular weight is 351 g/mol. The van der Waals surface area contributed by atoms with Gasteiger partial charge in [-0.2, -0.15) is 0 Å². The van der Waals surface area contributed by atoms with Gasteiger partial charge in [0.05, 0.1) is 32.1 Å². The van der Waals surface area contributed by atoms with Gasteiger partial charge < -0.3 is 10.7 Å². The van der Waals surface area contributed by atoms with Crippen LogP contribution in [0.1, 0.15) is 51.5 Å². The molecule has 5 nitrogen and oxygen atoms in total. The van der Waals surface area contributed by atoms with E-state index in [1.54, 1.807) is 12.1 Å². The number of H-pyrrole nitrogens is 1. The van der Waals surface area contributed by atoms with Crippen LogP contribution in [0.2, 0.25) is 0 Å². The first-order chi connectivity index (χ1) is 13.7. The number of hydrogen-bond acceptors (Lipinski definition) is 4. The number of pyridine rings is 1. The van der Waals surface area contributed by atoms with Gasteiger partial charge in [0.15, 0.2) is 0 Å². The lowest BCUT2D eigenvalue weighted by Gasteiger charge is -2.34. The molecule has 1 aliphatic carbocycles. The van der Waals surface area contributed by atoms with Crippen LogP contribution in [0.4, 0.5) is 0 Å². The lowest BCUT2D eigenvalue weighted by molar-refractivity contribution is 0.159. The Bertz CT molecular complexity index is 916. The summed E-state index contributed by atoms with van der Waals surface area (Å²) in [6.45, 7) is 2.35. The zero-order valence-corrected chi connectivity index (χ0v) is 15.0. The van der Waals surface area contributed by atoms with Crippen molar-refractivity contribution in [2.75, 3.05) is 13.1 Å². The number of fused-ring (bicyclic) bond motifs is 2. The highest BCUT2D eigenvalue weighted by molar-refractivity contribution is 5.74. The van der Waals surface area contributed by atoms with E-state index >= 15 is 0 Å². The SMILES string of the molecule is [2H]c1cc2nc(CN(CCCCN)[C@H]3CCCc4cccnc43)[nH]c2cc1[2H]. The molecule has 0 saturated heterocycles. The molecule has 1 aliphatic rings. The molecule has 0 fully saturated rings. The topological polar surface area (TPSA) is 70.8 Å². The molecule has 0 radical (unpaired) electrons. The molecular weight excluding hydrogens is 322 g/mol. The average Bonchev–Trinajstić information content (AvgIpc) is 3.08. The fourth-order valence-corrected chi connectivity index (χ4v) is 3.91. The van der Waals surface area contributed by atoms with Crippen molar-refractivity contribution in [1.82, 2.24) is 19.9 Å². The Balaban J connectivity index is 1.62. The fraction of sp³-hybridized carbons (Fsp3) is 0.429. The number of benzene rings is 1. The van der Waals surface area contributed by atoms with Crippen molar-refractivity contribution >= 4 is 11.0 Å². The van der Waals surface area contributed by atoms with Crippen LogP contribution < -0.4 is 5.73 Å². The molecule has 26 heavy (non-hydrogen) atoms. The third-order valence-corrected chi connectivity index (χ3v) is 5.18. The summed E-state index contributed by atoms with van der Waals surface area (Å²) < 4.78 is 15.7. The van der Waals surface area contributed by atoms with Crippen molar-refractivity contribution < 1.29 is 2.74 Å². The number of rotatable bonds is 7. The van der Waals surface area contributed by atoms with Crippen molar-refractivity contribution in [2.45, 2.75) is 44.7 Å². The van der Waals surface area contributed by atoms with E-state index in [4.69, 9.17) is 13.5 Å². The highest BCUT2D eigenvalue weighted by Gasteiger charge is 2.27. The summed E-state index contributed by atoms with van der Waals surface area (Å²) in [4.78, 5) is 15.2. The first-order valence-corrected chi connectivity index (χ1v) is 9.49. The smallest absolute Gasteiger partial charge is 0.121 e. The molecule has 4 rings (SSSR count). The molecule has 5 heteroatoms. The van der Waals surface area contributed by atoms with Crippen molar-refractivity contribution in [2.24, 2.45) is 5.73 Å². The normalized spacial score (nSPS) is 18.0. The maximum atomic E-state index is 7.84. The fourth-order valence-electron chi connectivity index (χ4n) is 3.91. The standard InChI is InChI=1S/C21H27N5/c22-12-3-4-14-26(15-20-24-17-9-1-2-10-18(17)25-20)19-11-5-7-16-8-6-13-23-21(16)19/h1-2,6,8-10,13,19H,3-5,7,11-12,14-15,22H2,(H,24,25)/t19-/m0/s1/i1D,2D. The molecule has 1 atom stereocenters. The summed E-state index contributed by atoms with van der Waals surface area (Å²) in [6, 6.07) is 8.27. The second-order valence-electron chi connectivity index (χ2n) is 6.98. The molecule has 0 unspecified atom stereocenters. The van der Waals surface area contributed by atoms with E-state index in [0.717, 1.165) is 49.1 Å². The van der Waals surface area contributed by atoms with Gasteiger partial charge in [-0.15, -0.1) is 0 Å². The largest absolute Gasteiger partial charge is 0.341 e. The zero-order chi connectivity index (χ0) is 19.5. The van der Waals surface area contributed by atoms with E-state index in [9.17, 15) is 0 Å². The second kappa shape index (κ2) is 7.98. The van der Waals surface area contributed by atoms with Gasteiger partial charge in [0.2, 0.25) is 0 Å². The van der Waals surface area contributed by atoms with E-state index in [1.165, 1.54) is 17.7 Å². The Labute approximate surface area is 157 Å². The number of para-hydroxylation sites is 2. The van der Waals surface area contributed by atoms with E-state index < -0.39 is 0 Å². The van der Waals surface area contributed by atoms with E-state index in [-0.39, 0.29) is 18.1 Å². The van der Waals surface area contributed by atoms with Gasteiger partial charge in [0.1, 0.15) is 5.82 Å². The summed E-state index contributed by atoms with van der Waals surface area (Å²) in [6.07, 6.45) is 7.30. The van der Waals surface area contributed by atoms with Crippen LogP contribution in [0.5, 0.6) is 0 Å². The van der Waals surface area contributed by atoms with Crippen molar-refractivity contribution in [1.29, 1.82) is 0 Å². The van der Waals surface area contributed by atoms with Gasteiger partial charge in [-0.1, -0.05) is 18.2 Å². The summed E-state index contributed by atoms with van der Waals surface area (Å²) in [7, 11) is 0. The number of hydrogen-bond donors (Lipinski definition) is 2. The molecule has 2 aromatic heterocycles. The van der Waals surface area contributed by atoms with Gasteiger partial charge in [-0.05, 0) is 69.0 Å². The minimum atomic E-state index is 0.204. The quantitative estimate of drug-likeness (QED) is 0.638. The van der Waals surface area contributed by atoms with Gasteiger partial charge in [0, 0.05) is 6.20 Å². The number of aryl methyl sites for hydroxylation is 1. The predicted molar refractivity (Wildman–Crippen MR) is 105 cm³/mol. The molecule has 3 N–H and O–H groups in total. The summed E-state index contributed by atoms with van der Waals surface area (Å²) in [5.74, 6) is 0.871. The lowest BCUT2D eigenvalue weighted by atomic mass is 9.90. The van der Waals surface area contributed by atoms with Gasteiger partial charge in [-0.25, -0.2) is 4.98 Å². The Morgan fingerprint density at radius 1 is 1.27 bits per heavy atom. The first-order valence-electron chi connectivity index (χ1n) is 10.5. The summed E-state index contributed by atoms with van der Waals surface area (Å²) in [5, 5.41) is 0. The van der Waals surface area contributed by atoms with Crippen LogP contribution in [0.3, 0.4) is 0 Å². The molecule has 0 spiro atoms. The Morgan fingerprint density at radius 2 is 2.19 bits per heavy atom. The first kappa shape index (κ1) is 14.9. The molecule has 136 valence electrons. The van der Waals surface area contributed by atoms with Crippen LogP contribution in [0, 0.1) is 0 Å². The van der Waals surface area contributed by atoms with Crippen LogP contribution in [-0.2, 0) is 13.0 Å². The van der Waals surface area contributed by atoms with Gasteiger partial charge in [-0.3, -0.25) is 9.88 Å². The Kier molecular flexibility index (Phi) is 4.56. The predicted octanol–water partition coefficient (Wildman–Crippen LogP) is 3.58. The van der Waals surface area contributed by atoms with E-state index in [2.05, 4.69) is 20.9 Å². The maximum Gasteiger partial charge on any atom is 0.121 e. The van der Waals surface area contributed by atoms with Crippen molar-refractivity contribution in [3.05, 3.63) is 59.6 Å². The van der Waals surface area contributed by atoms with E-state index in [0.29, 0.717) is 13.1 Å². The number of nitrogens with two attached hydrogens (primary N) is 1. The van der Waals surface area contributed by atoms with E-state index in [1.807, 2.05) is 12.3 Å². The lowest BCUT2D eigenvalue weighted by Crippen LogP contribution is -2.33. The number of aromatic nitrogens is 3. The van der Waals surface area contributed by atoms with Crippen LogP contribution in [0.15, 0.2) is 42.5 Å². The van der Waals surface area contributed by atoms with Crippen LogP contribution in [0.25, 0.3) is 11.0 Å². The molecule has 1 aromatic carbocycles. The highest BCUT2D eigenvalue weighted by Crippen LogP contribution is 2.33. The Morgan fingerprint density at radius 3 is 3.12 bits per heavy atom. The molecule has 0 aliphatic heterocycles. The third kappa shape index (κ3) is 3.64. The van der Waals surface area contributed by atoms with Crippen LogP contribution in [-0.4, -0.2) is 32.9 Å². The minimum Gasteiger partial charge on any atom is -0.341 e. The van der Waals surface area contributed by atoms with Gasteiger partial charge >= 0.3 is 0 Å². The minimum absolute atomic E-state index is 0.204. The molecule has 0 amide bonds. The van der Waals surface area contributed by atoms with Crippen molar-refractivity contribution in [3.63, 3.8) is 0 Å². The third-order valence-electron chi connectivity index (χ3n) is 5.18.